The predicted molar refractivity (Wildman–Crippen MR) is 90.0 cm³/mol. The maximum atomic E-state index is 11.4. The monoisotopic (exact) mass is 322 g/mol. The number of nitrogens with zero attached hydrogens (tertiary/aromatic N) is 1. The number of para-hydroxylation sites is 1. The van der Waals surface area contributed by atoms with E-state index in [0.717, 1.165) is 5.56 Å². The maximum Gasteiger partial charge on any atom is 0.314 e. The predicted octanol–water partition coefficient (Wildman–Crippen LogP) is 1.80. The number of amides is 2. The first kappa shape index (κ1) is 18.6. The van der Waals surface area contributed by atoms with Gasteiger partial charge < -0.3 is 26.3 Å². The van der Waals surface area contributed by atoms with Crippen molar-refractivity contribution >= 4 is 11.9 Å². The number of nitrogens with one attached hydrogen (secondary N) is 2. The minimum absolute atomic E-state index is 0.0951. The fraction of sp³-hybridized carbons (Fsp3) is 0.500. The van der Waals surface area contributed by atoms with Crippen LogP contribution in [0.1, 0.15) is 33.3 Å². The summed E-state index contributed by atoms with van der Waals surface area (Å²) in [5.41, 5.74) is 5.91. The van der Waals surface area contributed by atoms with Crippen LogP contribution in [0.2, 0.25) is 0 Å². The van der Waals surface area contributed by atoms with Gasteiger partial charge in [0.05, 0.1) is 11.5 Å². The van der Waals surface area contributed by atoms with E-state index in [1.54, 1.807) is 7.05 Å². The summed E-state index contributed by atoms with van der Waals surface area (Å²) < 4.78 is 6.00. The summed E-state index contributed by atoms with van der Waals surface area (Å²) in [5.74, 6) is 0.722. The average molecular weight is 322 g/mol. The van der Waals surface area contributed by atoms with Crippen LogP contribution in [-0.4, -0.2) is 36.3 Å². The number of amidine groups is 1. The lowest BCUT2D eigenvalue weighted by atomic mass is 9.83. The van der Waals surface area contributed by atoms with E-state index in [9.17, 15) is 4.79 Å². The van der Waals surface area contributed by atoms with E-state index in [1.165, 1.54) is 0 Å². The first-order valence-electron chi connectivity index (χ1n) is 7.46. The van der Waals surface area contributed by atoms with Gasteiger partial charge in [0.15, 0.2) is 0 Å². The van der Waals surface area contributed by atoms with Gasteiger partial charge in [0, 0.05) is 12.6 Å². The number of benzene rings is 1. The molecule has 7 heteroatoms. The summed E-state index contributed by atoms with van der Waals surface area (Å²) >= 11 is 0. The molecule has 1 aromatic rings. The molecule has 1 aromatic carbocycles. The van der Waals surface area contributed by atoms with Crippen molar-refractivity contribution in [3.05, 3.63) is 29.8 Å². The Labute approximate surface area is 136 Å². The Morgan fingerprint density at radius 3 is 2.52 bits per heavy atom. The van der Waals surface area contributed by atoms with Crippen molar-refractivity contribution in [2.75, 3.05) is 7.05 Å². The number of oxime groups is 1. The highest BCUT2D eigenvalue weighted by Crippen LogP contribution is 2.32. The normalized spacial score (nSPS) is 14.7. The molecule has 5 N–H and O–H groups in total. The molecule has 1 rings (SSSR count). The smallest absolute Gasteiger partial charge is 0.314 e. The zero-order chi connectivity index (χ0) is 17.6. The van der Waals surface area contributed by atoms with Crippen LogP contribution in [0.5, 0.6) is 5.75 Å². The van der Waals surface area contributed by atoms with Gasteiger partial charge in [-0.05, 0) is 33.8 Å². The molecule has 0 fully saturated rings. The van der Waals surface area contributed by atoms with Gasteiger partial charge in [-0.2, -0.15) is 0 Å². The second kappa shape index (κ2) is 7.71. The Bertz CT molecular complexity index is 572. The molecule has 2 unspecified atom stereocenters. The zero-order valence-electron chi connectivity index (χ0n) is 14.3. The third-order valence-corrected chi connectivity index (χ3v) is 3.91. The number of carbonyl (C=O) groups is 1. The fourth-order valence-corrected chi connectivity index (χ4v) is 2.05. The number of nitrogens with two attached hydrogens (primary N) is 1. The zero-order valence-corrected chi connectivity index (χ0v) is 14.3. The van der Waals surface area contributed by atoms with E-state index in [2.05, 4.69) is 15.8 Å². The van der Waals surface area contributed by atoms with Crippen molar-refractivity contribution in [1.82, 2.24) is 10.6 Å². The van der Waals surface area contributed by atoms with E-state index >= 15 is 0 Å². The SMILES string of the molecule is CNC(=O)NC(C)C(C)Oc1ccccc1C(C)(C)C(N)=NO. The lowest BCUT2D eigenvalue weighted by molar-refractivity contribution is 0.173. The van der Waals surface area contributed by atoms with Crippen LogP contribution in [0.25, 0.3) is 0 Å². The van der Waals surface area contributed by atoms with Crippen LogP contribution in [-0.2, 0) is 5.41 Å². The van der Waals surface area contributed by atoms with Crippen LogP contribution < -0.4 is 21.1 Å². The molecule has 0 aliphatic heterocycles. The van der Waals surface area contributed by atoms with Crippen LogP contribution in [0, 0.1) is 0 Å². The van der Waals surface area contributed by atoms with Crippen LogP contribution >= 0.6 is 0 Å². The molecular formula is C16H26N4O3. The van der Waals surface area contributed by atoms with Crippen molar-refractivity contribution in [2.24, 2.45) is 10.9 Å². The Balaban J connectivity index is 3.00. The van der Waals surface area contributed by atoms with Crippen LogP contribution in [0.15, 0.2) is 29.4 Å². The molecule has 128 valence electrons. The molecule has 0 aliphatic rings. The van der Waals surface area contributed by atoms with Gasteiger partial charge >= 0.3 is 6.03 Å². The van der Waals surface area contributed by atoms with Crippen molar-refractivity contribution in [3.8, 4) is 5.75 Å². The quantitative estimate of drug-likeness (QED) is 0.277. The number of ether oxygens (including phenoxy) is 1. The summed E-state index contributed by atoms with van der Waals surface area (Å²) in [5, 5.41) is 17.4. The first-order valence-corrected chi connectivity index (χ1v) is 7.46. The Hall–Kier alpha value is -2.44. The van der Waals surface area contributed by atoms with Crippen molar-refractivity contribution in [2.45, 2.75) is 45.3 Å². The van der Waals surface area contributed by atoms with Crippen LogP contribution in [0.4, 0.5) is 4.79 Å². The second-order valence-corrected chi connectivity index (χ2v) is 5.94. The standard InChI is InChI=1S/C16H26N4O3/c1-10(19-15(21)18-5)11(2)23-13-9-7-6-8-12(13)16(3,4)14(17)20-22/h6-11,22H,1-5H3,(H2,17,20)(H2,18,19,21). The minimum atomic E-state index is -0.692. The van der Waals surface area contributed by atoms with Gasteiger partial charge in [-0.15, -0.1) is 0 Å². The van der Waals surface area contributed by atoms with E-state index in [-0.39, 0.29) is 24.0 Å². The molecular weight excluding hydrogens is 296 g/mol. The molecule has 0 aromatic heterocycles. The Morgan fingerprint density at radius 2 is 1.96 bits per heavy atom. The number of carbonyl (C=O) groups excluding carboxylic acids is 1. The molecule has 7 nitrogen and oxygen atoms in total. The lowest BCUT2D eigenvalue weighted by Crippen LogP contribution is -2.46. The number of hydrogen-bond donors (Lipinski definition) is 4. The molecule has 2 amide bonds. The van der Waals surface area contributed by atoms with Crippen LogP contribution in [0.3, 0.4) is 0 Å². The van der Waals surface area contributed by atoms with Crippen molar-refractivity contribution < 1.29 is 14.7 Å². The van der Waals surface area contributed by atoms with Crippen molar-refractivity contribution in [3.63, 3.8) is 0 Å². The summed E-state index contributed by atoms with van der Waals surface area (Å²) in [6.07, 6.45) is -0.267. The summed E-state index contributed by atoms with van der Waals surface area (Å²) in [4.78, 5) is 11.4. The molecule has 23 heavy (non-hydrogen) atoms. The topological polar surface area (TPSA) is 109 Å². The van der Waals surface area contributed by atoms with Gasteiger partial charge in [-0.1, -0.05) is 23.4 Å². The molecule has 0 aliphatic carbocycles. The maximum absolute atomic E-state index is 11.4. The lowest BCUT2D eigenvalue weighted by Gasteiger charge is -2.29. The summed E-state index contributed by atoms with van der Waals surface area (Å²) in [6, 6.07) is 6.95. The van der Waals surface area contributed by atoms with Gasteiger partial charge in [0.25, 0.3) is 0 Å². The Morgan fingerprint density at radius 1 is 1.35 bits per heavy atom. The van der Waals surface area contributed by atoms with E-state index < -0.39 is 5.41 Å². The molecule has 0 bridgehead atoms. The summed E-state index contributed by atoms with van der Waals surface area (Å²) in [7, 11) is 1.56. The molecule has 0 spiro atoms. The van der Waals surface area contributed by atoms with Gasteiger partial charge in [0.2, 0.25) is 0 Å². The molecule has 0 saturated heterocycles. The molecule has 0 heterocycles. The van der Waals surface area contributed by atoms with Crippen molar-refractivity contribution in [1.29, 1.82) is 0 Å². The first-order chi connectivity index (χ1) is 10.7. The highest BCUT2D eigenvalue weighted by Gasteiger charge is 2.30. The fourth-order valence-electron chi connectivity index (χ4n) is 2.05. The highest BCUT2D eigenvalue weighted by atomic mass is 16.5. The Kier molecular flexibility index (Phi) is 6.24. The van der Waals surface area contributed by atoms with E-state index in [0.29, 0.717) is 5.75 Å². The minimum Gasteiger partial charge on any atom is -0.488 e. The largest absolute Gasteiger partial charge is 0.488 e. The van der Waals surface area contributed by atoms with E-state index in [1.807, 2.05) is 52.0 Å². The molecule has 2 atom stereocenters. The molecule has 0 saturated carbocycles. The number of rotatable bonds is 6. The van der Waals surface area contributed by atoms with Gasteiger partial charge in [-0.3, -0.25) is 0 Å². The summed E-state index contributed by atoms with van der Waals surface area (Å²) in [6.45, 7) is 7.42. The number of hydrogen-bond acceptors (Lipinski definition) is 4. The average Bonchev–Trinajstić information content (AvgIpc) is 2.53. The second-order valence-electron chi connectivity index (χ2n) is 5.94. The highest BCUT2D eigenvalue weighted by molar-refractivity contribution is 5.91. The van der Waals surface area contributed by atoms with Gasteiger partial charge in [0.1, 0.15) is 17.7 Å². The third kappa shape index (κ3) is 4.51. The van der Waals surface area contributed by atoms with E-state index in [4.69, 9.17) is 15.7 Å². The third-order valence-electron chi connectivity index (χ3n) is 3.91. The molecule has 0 radical (unpaired) electrons. The van der Waals surface area contributed by atoms with Gasteiger partial charge in [-0.25, -0.2) is 4.79 Å². The number of urea groups is 1.